The number of benzene rings is 2. The van der Waals surface area contributed by atoms with Gasteiger partial charge in [-0.15, -0.1) is 0 Å². The fraction of sp³-hybridized carbons (Fsp3) is 0.0769. The van der Waals surface area contributed by atoms with E-state index in [4.69, 9.17) is 17.3 Å². The van der Waals surface area contributed by atoms with E-state index in [0.717, 1.165) is 11.1 Å². The molecule has 0 aliphatic rings. The van der Waals surface area contributed by atoms with Gasteiger partial charge in [-0.2, -0.15) is 0 Å². The molecule has 0 spiro atoms. The highest BCUT2D eigenvalue weighted by molar-refractivity contribution is 6.33. The number of halogens is 2. The molecule has 0 amide bonds. The molecule has 0 aromatic heterocycles. The van der Waals surface area contributed by atoms with Crippen molar-refractivity contribution < 1.29 is 4.39 Å². The average Bonchev–Trinajstić information content (AvgIpc) is 2.31. The van der Waals surface area contributed by atoms with Crippen LogP contribution in [-0.2, 0) is 6.54 Å². The third-order valence-corrected chi connectivity index (χ3v) is 2.78. The molecule has 0 fully saturated rings. The summed E-state index contributed by atoms with van der Waals surface area (Å²) in [6.45, 7) is 0.185. The van der Waals surface area contributed by atoms with E-state index in [-0.39, 0.29) is 12.4 Å². The Bertz CT molecular complexity index is 511. The molecule has 0 heterocycles. The van der Waals surface area contributed by atoms with Crippen LogP contribution in [0.1, 0.15) is 5.56 Å². The van der Waals surface area contributed by atoms with Crippen molar-refractivity contribution in [3.63, 3.8) is 0 Å². The predicted molar refractivity (Wildman–Crippen MR) is 64.7 cm³/mol. The zero-order chi connectivity index (χ0) is 11.5. The van der Waals surface area contributed by atoms with Gasteiger partial charge in [0.2, 0.25) is 0 Å². The summed E-state index contributed by atoms with van der Waals surface area (Å²) in [6, 6.07) is 12.3. The third kappa shape index (κ3) is 2.08. The van der Waals surface area contributed by atoms with Crippen LogP contribution >= 0.6 is 11.6 Å². The Labute approximate surface area is 98.7 Å². The molecular formula is C13H11ClFN. The van der Waals surface area contributed by atoms with Crippen molar-refractivity contribution in [1.29, 1.82) is 0 Å². The molecule has 82 valence electrons. The lowest BCUT2D eigenvalue weighted by molar-refractivity contribution is 0.611. The minimum Gasteiger partial charge on any atom is -0.326 e. The Hall–Kier alpha value is -1.38. The van der Waals surface area contributed by atoms with Crippen molar-refractivity contribution in [2.75, 3.05) is 0 Å². The van der Waals surface area contributed by atoms with Crippen LogP contribution in [0.5, 0.6) is 0 Å². The minimum atomic E-state index is -0.279. The highest BCUT2D eigenvalue weighted by Crippen LogP contribution is 2.28. The van der Waals surface area contributed by atoms with E-state index in [1.807, 2.05) is 24.3 Å². The van der Waals surface area contributed by atoms with E-state index in [1.54, 1.807) is 12.1 Å². The molecule has 0 atom stereocenters. The van der Waals surface area contributed by atoms with Crippen LogP contribution in [-0.4, -0.2) is 0 Å². The molecule has 0 radical (unpaired) electrons. The van der Waals surface area contributed by atoms with Gasteiger partial charge in [0.1, 0.15) is 5.82 Å². The highest BCUT2D eigenvalue weighted by Gasteiger charge is 2.06. The molecule has 3 heteroatoms. The van der Waals surface area contributed by atoms with Gasteiger partial charge >= 0.3 is 0 Å². The lowest BCUT2D eigenvalue weighted by Crippen LogP contribution is -1.99. The number of rotatable bonds is 2. The summed E-state index contributed by atoms with van der Waals surface area (Å²) < 4.78 is 13.3. The minimum absolute atomic E-state index is 0.185. The zero-order valence-electron chi connectivity index (χ0n) is 8.58. The molecule has 0 saturated carbocycles. The maximum Gasteiger partial charge on any atom is 0.127 e. The lowest BCUT2D eigenvalue weighted by atomic mass is 10.0. The van der Waals surface area contributed by atoms with Crippen molar-refractivity contribution >= 4 is 11.6 Å². The molecule has 2 aromatic rings. The van der Waals surface area contributed by atoms with Gasteiger partial charge in [-0.25, -0.2) is 4.39 Å². The van der Waals surface area contributed by atoms with Crippen LogP contribution in [0.3, 0.4) is 0 Å². The maximum atomic E-state index is 13.3. The van der Waals surface area contributed by atoms with E-state index in [1.165, 1.54) is 6.07 Å². The Kier molecular flexibility index (Phi) is 3.22. The van der Waals surface area contributed by atoms with Gasteiger partial charge in [0, 0.05) is 22.7 Å². The monoisotopic (exact) mass is 235 g/mol. The molecule has 0 aliphatic carbocycles. The van der Waals surface area contributed by atoms with Crippen molar-refractivity contribution in [3.05, 3.63) is 58.9 Å². The van der Waals surface area contributed by atoms with Gasteiger partial charge in [-0.1, -0.05) is 35.9 Å². The molecule has 2 aromatic carbocycles. The topological polar surface area (TPSA) is 26.0 Å². The highest BCUT2D eigenvalue weighted by atomic mass is 35.5. The van der Waals surface area contributed by atoms with E-state index < -0.39 is 0 Å². The summed E-state index contributed by atoms with van der Waals surface area (Å²) >= 11 is 6.07. The normalized spacial score (nSPS) is 10.4. The van der Waals surface area contributed by atoms with Gasteiger partial charge in [-0.3, -0.25) is 0 Å². The van der Waals surface area contributed by atoms with Crippen LogP contribution in [0.15, 0.2) is 42.5 Å². The molecule has 2 N–H and O–H groups in total. The first-order chi connectivity index (χ1) is 7.72. The van der Waals surface area contributed by atoms with Crippen molar-refractivity contribution in [2.45, 2.75) is 6.54 Å². The predicted octanol–water partition coefficient (Wildman–Crippen LogP) is 3.60. The largest absolute Gasteiger partial charge is 0.326 e. The van der Waals surface area contributed by atoms with Crippen LogP contribution in [0.2, 0.25) is 5.02 Å². The smallest absolute Gasteiger partial charge is 0.127 e. The molecule has 16 heavy (non-hydrogen) atoms. The van der Waals surface area contributed by atoms with Crippen LogP contribution < -0.4 is 5.73 Å². The first-order valence-electron chi connectivity index (χ1n) is 4.96. The fourth-order valence-electron chi connectivity index (χ4n) is 1.59. The third-order valence-electron chi connectivity index (χ3n) is 2.45. The SMILES string of the molecule is NCc1cc(-c2ccccc2Cl)ccc1F. The van der Waals surface area contributed by atoms with Gasteiger partial charge in [-0.05, 0) is 23.8 Å². The Morgan fingerprint density at radius 3 is 2.56 bits per heavy atom. The molecule has 0 saturated heterocycles. The van der Waals surface area contributed by atoms with Gasteiger partial charge in [0.25, 0.3) is 0 Å². The van der Waals surface area contributed by atoms with Crippen LogP contribution in [0.4, 0.5) is 4.39 Å². The van der Waals surface area contributed by atoms with Crippen molar-refractivity contribution in [1.82, 2.24) is 0 Å². The fourth-order valence-corrected chi connectivity index (χ4v) is 1.84. The molecular weight excluding hydrogens is 225 g/mol. The van der Waals surface area contributed by atoms with Gasteiger partial charge < -0.3 is 5.73 Å². The van der Waals surface area contributed by atoms with Gasteiger partial charge in [0.05, 0.1) is 0 Å². The van der Waals surface area contributed by atoms with E-state index in [2.05, 4.69) is 0 Å². The molecule has 0 bridgehead atoms. The van der Waals surface area contributed by atoms with E-state index >= 15 is 0 Å². The maximum absolute atomic E-state index is 13.3. The number of hydrogen-bond acceptors (Lipinski definition) is 1. The average molecular weight is 236 g/mol. The first-order valence-corrected chi connectivity index (χ1v) is 5.33. The van der Waals surface area contributed by atoms with Crippen molar-refractivity contribution in [3.8, 4) is 11.1 Å². The Morgan fingerprint density at radius 2 is 1.88 bits per heavy atom. The second-order valence-electron chi connectivity index (χ2n) is 3.49. The summed E-state index contributed by atoms with van der Waals surface area (Å²) in [5.74, 6) is -0.279. The molecule has 0 aliphatic heterocycles. The second-order valence-corrected chi connectivity index (χ2v) is 3.90. The molecule has 1 nitrogen and oxygen atoms in total. The number of nitrogens with two attached hydrogens (primary N) is 1. The number of hydrogen-bond donors (Lipinski definition) is 1. The first kappa shape index (κ1) is 11.1. The van der Waals surface area contributed by atoms with Crippen LogP contribution in [0.25, 0.3) is 11.1 Å². The van der Waals surface area contributed by atoms with Crippen LogP contribution in [0, 0.1) is 5.82 Å². The summed E-state index contributed by atoms with van der Waals surface area (Å²) in [4.78, 5) is 0. The molecule has 2 rings (SSSR count). The summed E-state index contributed by atoms with van der Waals surface area (Å²) in [6.07, 6.45) is 0. The quantitative estimate of drug-likeness (QED) is 0.846. The summed E-state index contributed by atoms with van der Waals surface area (Å²) in [7, 11) is 0. The van der Waals surface area contributed by atoms with E-state index in [0.29, 0.717) is 10.6 Å². The summed E-state index contributed by atoms with van der Waals surface area (Å²) in [5.41, 5.74) is 7.73. The molecule has 0 unspecified atom stereocenters. The van der Waals surface area contributed by atoms with Gasteiger partial charge in [0.15, 0.2) is 0 Å². The lowest BCUT2D eigenvalue weighted by Gasteiger charge is -2.07. The van der Waals surface area contributed by atoms with Crippen molar-refractivity contribution in [2.24, 2.45) is 5.73 Å². The standard InChI is InChI=1S/C13H11ClFN/c14-12-4-2-1-3-11(12)9-5-6-13(15)10(7-9)8-16/h1-7H,8,16H2. The zero-order valence-corrected chi connectivity index (χ0v) is 9.34. The van der Waals surface area contributed by atoms with E-state index in [9.17, 15) is 4.39 Å². The second kappa shape index (κ2) is 4.64. The summed E-state index contributed by atoms with van der Waals surface area (Å²) in [5, 5.41) is 0.650. The Balaban J connectivity index is 2.53. The Morgan fingerprint density at radius 1 is 1.12 bits per heavy atom.